The summed E-state index contributed by atoms with van der Waals surface area (Å²) in [5.41, 5.74) is 4.91. The second kappa shape index (κ2) is 5.57. The van der Waals surface area contributed by atoms with Gasteiger partial charge in [-0.2, -0.15) is 5.10 Å². The fourth-order valence-electron chi connectivity index (χ4n) is 2.48. The van der Waals surface area contributed by atoms with Crippen LogP contribution in [0.3, 0.4) is 0 Å². The van der Waals surface area contributed by atoms with Crippen molar-refractivity contribution in [2.24, 2.45) is 10.5 Å². The topological polar surface area (TPSA) is 58.5 Å². The lowest BCUT2D eigenvalue weighted by Gasteiger charge is -2.28. The minimum absolute atomic E-state index is 0.0667. The maximum Gasteiger partial charge on any atom is 0.271 e. The van der Waals surface area contributed by atoms with Crippen LogP contribution in [0.25, 0.3) is 0 Å². The van der Waals surface area contributed by atoms with Crippen molar-refractivity contribution in [2.75, 3.05) is 0 Å². The third-order valence-electron chi connectivity index (χ3n) is 3.39. The van der Waals surface area contributed by atoms with E-state index in [0.717, 1.165) is 17.7 Å². The number of nitrogens with zero attached hydrogens (tertiary/aromatic N) is 1. The highest BCUT2D eigenvalue weighted by Crippen LogP contribution is 2.31. The van der Waals surface area contributed by atoms with E-state index in [1.807, 2.05) is 32.9 Å². The summed E-state index contributed by atoms with van der Waals surface area (Å²) in [7, 11) is 0. The molecule has 0 spiro atoms. The van der Waals surface area contributed by atoms with Gasteiger partial charge in [0.05, 0.1) is 0 Å². The molecule has 1 aromatic carbocycles. The number of carbonyl (C=O) groups is 2. The maximum atomic E-state index is 11.9. The van der Waals surface area contributed by atoms with Crippen LogP contribution in [0.1, 0.15) is 49.0 Å². The summed E-state index contributed by atoms with van der Waals surface area (Å²) in [4.78, 5) is 23.6. The van der Waals surface area contributed by atoms with Gasteiger partial charge in [0.2, 0.25) is 0 Å². The molecule has 1 fully saturated rings. The van der Waals surface area contributed by atoms with Crippen LogP contribution in [0.15, 0.2) is 29.4 Å². The Kier molecular flexibility index (Phi) is 4.02. The molecule has 1 amide bonds. The molecule has 0 heterocycles. The van der Waals surface area contributed by atoms with E-state index in [-0.39, 0.29) is 17.1 Å². The lowest BCUT2D eigenvalue weighted by Crippen LogP contribution is -2.31. The van der Waals surface area contributed by atoms with Gasteiger partial charge < -0.3 is 0 Å². The third-order valence-corrected chi connectivity index (χ3v) is 3.39. The van der Waals surface area contributed by atoms with Gasteiger partial charge in [0.15, 0.2) is 0 Å². The maximum absolute atomic E-state index is 11.9. The number of aryl methyl sites for hydroxylation is 1. The van der Waals surface area contributed by atoms with Crippen LogP contribution in [0.2, 0.25) is 0 Å². The van der Waals surface area contributed by atoms with Gasteiger partial charge in [0.1, 0.15) is 5.78 Å². The molecule has 0 radical (unpaired) electrons. The van der Waals surface area contributed by atoms with Gasteiger partial charge in [-0.25, -0.2) is 5.43 Å². The predicted molar refractivity (Wildman–Crippen MR) is 78.7 cm³/mol. The van der Waals surface area contributed by atoms with E-state index in [0.29, 0.717) is 18.4 Å². The zero-order valence-electron chi connectivity index (χ0n) is 12.2. The first kappa shape index (κ1) is 14.4. The SMILES string of the molecule is Cc1ccc(C(=O)NN=C2CC(=O)CC(C)(C)C2)cc1. The number of Topliss-reactive ketones (excluding diaryl/α,β-unsaturated/α-hetero) is 1. The predicted octanol–water partition coefficient (Wildman–Crippen LogP) is 2.86. The van der Waals surface area contributed by atoms with Gasteiger partial charge >= 0.3 is 0 Å². The second-order valence-corrected chi connectivity index (χ2v) is 6.22. The number of hydrogen-bond acceptors (Lipinski definition) is 3. The molecule has 4 nitrogen and oxygen atoms in total. The van der Waals surface area contributed by atoms with E-state index < -0.39 is 0 Å². The molecule has 4 heteroatoms. The van der Waals surface area contributed by atoms with Crippen molar-refractivity contribution >= 4 is 17.4 Å². The summed E-state index contributed by atoms with van der Waals surface area (Å²) < 4.78 is 0. The number of rotatable bonds is 2. The number of nitrogens with one attached hydrogen (secondary N) is 1. The van der Waals surface area contributed by atoms with E-state index in [9.17, 15) is 9.59 Å². The highest BCUT2D eigenvalue weighted by Gasteiger charge is 2.30. The van der Waals surface area contributed by atoms with E-state index in [2.05, 4.69) is 10.5 Å². The first-order chi connectivity index (χ1) is 9.35. The Balaban J connectivity index is 2.03. The van der Waals surface area contributed by atoms with Crippen LogP contribution in [-0.2, 0) is 4.79 Å². The van der Waals surface area contributed by atoms with E-state index in [1.165, 1.54) is 0 Å². The number of ketones is 1. The van der Waals surface area contributed by atoms with Crippen LogP contribution >= 0.6 is 0 Å². The Labute approximate surface area is 119 Å². The summed E-state index contributed by atoms with van der Waals surface area (Å²) in [5, 5.41) is 4.12. The Morgan fingerprint density at radius 1 is 1.20 bits per heavy atom. The average molecular weight is 272 g/mol. The van der Waals surface area contributed by atoms with Crippen LogP contribution < -0.4 is 5.43 Å². The van der Waals surface area contributed by atoms with Gasteiger partial charge in [-0.1, -0.05) is 31.5 Å². The fourth-order valence-corrected chi connectivity index (χ4v) is 2.48. The molecule has 1 aromatic rings. The van der Waals surface area contributed by atoms with Crippen molar-refractivity contribution in [1.82, 2.24) is 5.43 Å². The smallest absolute Gasteiger partial charge is 0.271 e. The summed E-state index contributed by atoms with van der Waals surface area (Å²) in [5.74, 6) is -0.0575. The Bertz CT molecular complexity index is 556. The van der Waals surface area contributed by atoms with Crippen LogP contribution in [0.4, 0.5) is 0 Å². The summed E-state index contributed by atoms with van der Waals surface area (Å²) in [6, 6.07) is 7.30. The Morgan fingerprint density at radius 2 is 1.85 bits per heavy atom. The van der Waals surface area contributed by atoms with Gasteiger partial charge in [-0.05, 0) is 30.9 Å². The molecule has 0 atom stereocenters. The van der Waals surface area contributed by atoms with E-state index in [4.69, 9.17) is 0 Å². The van der Waals surface area contributed by atoms with Gasteiger partial charge in [0.25, 0.3) is 5.91 Å². The average Bonchev–Trinajstić information content (AvgIpc) is 2.34. The molecule has 0 aliphatic heterocycles. The molecule has 106 valence electrons. The largest absolute Gasteiger partial charge is 0.299 e. The molecule has 0 saturated heterocycles. The highest BCUT2D eigenvalue weighted by atomic mass is 16.2. The van der Waals surface area contributed by atoms with Crippen molar-refractivity contribution in [3.05, 3.63) is 35.4 Å². The minimum atomic E-state index is -0.242. The van der Waals surface area contributed by atoms with Gasteiger partial charge in [-0.3, -0.25) is 9.59 Å². The van der Waals surface area contributed by atoms with Crippen molar-refractivity contribution in [1.29, 1.82) is 0 Å². The first-order valence-electron chi connectivity index (χ1n) is 6.80. The zero-order chi connectivity index (χ0) is 14.8. The molecule has 0 aromatic heterocycles. The summed E-state index contributed by atoms with van der Waals surface area (Å²) in [6.07, 6.45) is 1.67. The number of amides is 1. The summed E-state index contributed by atoms with van der Waals surface area (Å²) >= 11 is 0. The number of carbonyl (C=O) groups excluding carboxylic acids is 2. The molecule has 0 unspecified atom stereocenters. The Morgan fingerprint density at radius 3 is 2.45 bits per heavy atom. The van der Waals surface area contributed by atoms with Crippen molar-refractivity contribution in [2.45, 2.75) is 40.0 Å². The highest BCUT2D eigenvalue weighted by molar-refractivity contribution is 6.05. The molecular weight excluding hydrogens is 252 g/mol. The number of benzene rings is 1. The molecular formula is C16H20N2O2. The van der Waals surface area contributed by atoms with Gasteiger partial charge in [0, 0.05) is 24.1 Å². The lowest BCUT2D eigenvalue weighted by molar-refractivity contribution is -0.120. The van der Waals surface area contributed by atoms with Crippen molar-refractivity contribution in [3.63, 3.8) is 0 Å². The Hall–Kier alpha value is -1.97. The van der Waals surface area contributed by atoms with E-state index in [1.54, 1.807) is 12.1 Å². The lowest BCUT2D eigenvalue weighted by atomic mass is 9.76. The van der Waals surface area contributed by atoms with Gasteiger partial charge in [-0.15, -0.1) is 0 Å². The molecule has 1 N–H and O–H groups in total. The number of hydrogen-bond donors (Lipinski definition) is 1. The normalized spacial score (nSPS) is 19.9. The van der Waals surface area contributed by atoms with E-state index >= 15 is 0 Å². The molecule has 1 saturated carbocycles. The molecule has 1 aliphatic carbocycles. The van der Waals surface area contributed by atoms with Crippen molar-refractivity contribution < 1.29 is 9.59 Å². The van der Waals surface area contributed by atoms with Crippen LogP contribution in [0.5, 0.6) is 0 Å². The van der Waals surface area contributed by atoms with Crippen LogP contribution in [0, 0.1) is 12.3 Å². The van der Waals surface area contributed by atoms with Crippen molar-refractivity contribution in [3.8, 4) is 0 Å². The first-order valence-corrected chi connectivity index (χ1v) is 6.80. The van der Waals surface area contributed by atoms with Crippen LogP contribution in [-0.4, -0.2) is 17.4 Å². The molecule has 20 heavy (non-hydrogen) atoms. The summed E-state index contributed by atoms with van der Waals surface area (Å²) in [6.45, 7) is 6.06. The third kappa shape index (κ3) is 3.76. The quantitative estimate of drug-likeness (QED) is 0.842. The molecule has 1 aliphatic rings. The minimum Gasteiger partial charge on any atom is -0.299 e. The zero-order valence-corrected chi connectivity index (χ0v) is 12.2. The standard InChI is InChI=1S/C16H20N2O2/c1-11-4-6-12(7-5-11)15(20)18-17-13-8-14(19)10-16(2,3)9-13/h4-7H,8-10H2,1-3H3,(H,18,20). The molecule has 2 rings (SSSR count). The molecule has 0 bridgehead atoms. The monoisotopic (exact) mass is 272 g/mol. The second-order valence-electron chi connectivity index (χ2n) is 6.22. The fraction of sp³-hybridized carbons (Fsp3) is 0.438. The number of hydrazone groups is 1.